The Balaban J connectivity index is 2.45. The van der Waals surface area contributed by atoms with E-state index in [-0.39, 0.29) is 18.1 Å². The van der Waals surface area contributed by atoms with E-state index in [4.69, 9.17) is 10.00 Å². The van der Waals surface area contributed by atoms with E-state index in [0.29, 0.717) is 0 Å². The quantitative estimate of drug-likeness (QED) is 0.680. The van der Waals surface area contributed by atoms with Gasteiger partial charge in [-0.15, -0.1) is 0 Å². The standard InChI is InChI=1S/C13H23N3O2/c1-4-5-12(10-14)16-8-6-15(7-9-16)11(2)13(17)18-3/h11-12H,4-9H2,1-3H3. The monoisotopic (exact) mass is 253 g/mol. The van der Waals surface area contributed by atoms with Crippen molar-refractivity contribution in [3.8, 4) is 6.07 Å². The van der Waals surface area contributed by atoms with Gasteiger partial charge in [-0.05, 0) is 13.3 Å². The molecule has 0 radical (unpaired) electrons. The lowest BCUT2D eigenvalue weighted by molar-refractivity contribution is -0.147. The molecular weight excluding hydrogens is 230 g/mol. The number of piperazine rings is 1. The fourth-order valence-corrected chi connectivity index (χ4v) is 2.36. The molecule has 0 bridgehead atoms. The zero-order valence-corrected chi connectivity index (χ0v) is 11.6. The number of methoxy groups -OCH3 is 1. The van der Waals surface area contributed by atoms with Crippen LogP contribution in [-0.2, 0) is 9.53 Å². The van der Waals surface area contributed by atoms with E-state index in [9.17, 15) is 4.79 Å². The first kappa shape index (κ1) is 14.9. The summed E-state index contributed by atoms with van der Waals surface area (Å²) in [6, 6.07) is 2.19. The summed E-state index contributed by atoms with van der Waals surface area (Å²) in [6.07, 6.45) is 1.94. The van der Waals surface area contributed by atoms with Gasteiger partial charge >= 0.3 is 5.97 Å². The number of hydrogen-bond acceptors (Lipinski definition) is 5. The largest absolute Gasteiger partial charge is 0.468 e. The minimum atomic E-state index is -0.191. The number of esters is 1. The summed E-state index contributed by atoms with van der Waals surface area (Å²) in [4.78, 5) is 15.8. The van der Waals surface area contributed by atoms with E-state index in [2.05, 4.69) is 22.8 Å². The maximum atomic E-state index is 11.5. The van der Waals surface area contributed by atoms with Crippen LogP contribution in [-0.4, -0.2) is 61.1 Å². The van der Waals surface area contributed by atoms with Crippen molar-refractivity contribution in [1.29, 1.82) is 5.26 Å². The van der Waals surface area contributed by atoms with Crippen LogP contribution < -0.4 is 0 Å². The molecule has 0 spiro atoms. The molecule has 5 nitrogen and oxygen atoms in total. The summed E-state index contributed by atoms with van der Waals surface area (Å²) in [6.45, 7) is 7.30. The molecule has 0 aromatic carbocycles. The molecule has 0 amide bonds. The number of nitrogens with zero attached hydrogens (tertiary/aromatic N) is 3. The molecule has 1 fully saturated rings. The summed E-state index contributed by atoms with van der Waals surface area (Å²) >= 11 is 0. The predicted molar refractivity (Wildman–Crippen MR) is 68.9 cm³/mol. The fourth-order valence-electron chi connectivity index (χ4n) is 2.36. The van der Waals surface area contributed by atoms with Gasteiger partial charge < -0.3 is 4.74 Å². The zero-order valence-electron chi connectivity index (χ0n) is 11.6. The van der Waals surface area contributed by atoms with Crippen LogP contribution in [0.3, 0.4) is 0 Å². The van der Waals surface area contributed by atoms with Crippen molar-refractivity contribution < 1.29 is 9.53 Å². The number of rotatable bonds is 5. The fraction of sp³-hybridized carbons (Fsp3) is 0.846. The Kier molecular flexibility index (Phi) is 6.10. The molecule has 1 rings (SSSR count). The molecule has 18 heavy (non-hydrogen) atoms. The maximum absolute atomic E-state index is 11.5. The lowest BCUT2D eigenvalue weighted by atomic mass is 10.1. The van der Waals surface area contributed by atoms with Crippen molar-refractivity contribution in [3.05, 3.63) is 0 Å². The normalized spacial score (nSPS) is 21.0. The van der Waals surface area contributed by atoms with E-state index >= 15 is 0 Å². The van der Waals surface area contributed by atoms with Gasteiger partial charge in [0.2, 0.25) is 0 Å². The summed E-state index contributed by atoms with van der Waals surface area (Å²) in [7, 11) is 1.42. The summed E-state index contributed by atoms with van der Waals surface area (Å²) in [5.74, 6) is -0.186. The van der Waals surface area contributed by atoms with Crippen molar-refractivity contribution in [1.82, 2.24) is 9.80 Å². The second-order valence-electron chi connectivity index (χ2n) is 4.70. The molecule has 5 heteroatoms. The van der Waals surface area contributed by atoms with Gasteiger partial charge in [-0.25, -0.2) is 0 Å². The molecule has 1 saturated heterocycles. The van der Waals surface area contributed by atoms with Crippen LogP contribution in [0.15, 0.2) is 0 Å². The highest BCUT2D eigenvalue weighted by atomic mass is 16.5. The molecule has 2 unspecified atom stereocenters. The minimum absolute atomic E-state index is 0.0191. The molecule has 0 aromatic heterocycles. The zero-order chi connectivity index (χ0) is 13.5. The van der Waals surface area contributed by atoms with Crippen LogP contribution in [0.5, 0.6) is 0 Å². The Labute approximate surface area is 109 Å². The van der Waals surface area contributed by atoms with Crippen molar-refractivity contribution in [2.45, 2.75) is 38.8 Å². The van der Waals surface area contributed by atoms with Crippen LogP contribution in [0, 0.1) is 11.3 Å². The number of nitriles is 1. The summed E-state index contributed by atoms with van der Waals surface area (Å²) < 4.78 is 4.75. The highest BCUT2D eigenvalue weighted by Crippen LogP contribution is 2.12. The van der Waals surface area contributed by atoms with E-state index < -0.39 is 0 Å². The third-order valence-electron chi connectivity index (χ3n) is 3.59. The van der Waals surface area contributed by atoms with Gasteiger partial charge in [0.1, 0.15) is 6.04 Å². The Bertz CT molecular complexity index is 306. The highest BCUT2D eigenvalue weighted by Gasteiger charge is 2.28. The van der Waals surface area contributed by atoms with Gasteiger partial charge in [0.05, 0.1) is 19.2 Å². The molecular formula is C13H23N3O2. The highest BCUT2D eigenvalue weighted by molar-refractivity contribution is 5.75. The molecule has 0 aliphatic carbocycles. The molecule has 0 aromatic rings. The first-order valence-electron chi connectivity index (χ1n) is 6.59. The SMILES string of the molecule is CCCC(C#N)N1CCN(C(C)C(=O)OC)CC1. The Morgan fingerprint density at radius 1 is 1.33 bits per heavy atom. The van der Waals surface area contributed by atoms with E-state index in [0.717, 1.165) is 39.0 Å². The van der Waals surface area contributed by atoms with Crippen molar-refractivity contribution in [3.63, 3.8) is 0 Å². The van der Waals surface area contributed by atoms with E-state index in [1.165, 1.54) is 7.11 Å². The molecule has 1 aliphatic rings. The Morgan fingerprint density at radius 2 is 1.89 bits per heavy atom. The van der Waals surface area contributed by atoms with Crippen LogP contribution in [0.4, 0.5) is 0 Å². The molecule has 0 saturated carbocycles. The van der Waals surface area contributed by atoms with Crippen LogP contribution in [0.1, 0.15) is 26.7 Å². The first-order chi connectivity index (χ1) is 8.63. The van der Waals surface area contributed by atoms with Crippen molar-refractivity contribution in [2.24, 2.45) is 0 Å². The van der Waals surface area contributed by atoms with Gasteiger partial charge in [-0.1, -0.05) is 13.3 Å². The first-order valence-corrected chi connectivity index (χ1v) is 6.59. The maximum Gasteiger partial charge on any atom is 0.322 e. The Hall–Kier alpha value is -1.12. The number of carbonyl (C=O) groups is 1. The number of hydrogen-bond donors (Lipinski definition) is 0. The van der Waals surface area contributed by atoms with Gasteiger partial charge in [0, 0.05) is 26.2 Å². The van der Waals surface area contributed by atoms with Crippen molar-refractivity contribution in [2.75, 3.05) is 33.3 Å². The Morgan fingerprint density at radius 3 is 2.33 bits per heavy atom. The smallest absolute Gasteiger partial charge is 0.322 e. The molecule has 1 heterocycles. The molecule has 0 N–H and O–H groups in total. The average Bonchev–Trinajstić information content (AvgIpc) is 2.43. The minimum Gasteiger partial charge on any atom is -0.468 e. The van der Waals surface area contributed by atoms with Crippen LogP contribution in [0.2, 0.25) is 0 Å². The second-order valence-corrected chi connectivity index (χ2v) is 4.70. The second kappa shape index (κ2) is 7.34. The lowest BCUT2D eigenvalue weighted by Crippen LogP contribution is -2.54. The molecule has 102 valence electrons. The van der Waals surface area contributed by atoms with E-state index in [1.807, 2.05) is 6.92 Å². The van der Waals surface area contributed by atoms with Gasteiger partial charge in [-0.2, -0.15) is 5.26 Å². The van der Waals surface area contributed by atoms with Gasteiger partial charge in [0.25, 0.3) is 0 Å². The number of ether oxygens (including phenoxy) is 1. The van der Waals surface area contributed by atoms with Gasteiger partial charge in [-0.3, -0.25) is 14.6 Å². The molecule has 1 aliphatic heterocycles. The molecule has 2 atom stereocenters. The number of carbonyl (C=O) groups excluding carboxylic acids is 1. The van der Waals surface area contributed by atoms with Crippen LogP contribution in [0.25, 0.3) is 0 Å². The third-order valence-corrected chi connectivity index (χ3v) is 3.59. The topological polar surface area (TPSA) is 56.6 Å². The predicted octanol–water partition coefficient (Wildman–Crippen LogP) is 0.858. The van der Waals surface area contributed by atoms with Gasteiger partial charge in [0.15, 0.2) is 0 Å². The van der Waals surface area contributed by atoms with E-state index in [1.54, 1.807) is 0 Å². The average molecular weight is 253 g/mol. The van der Waals surface area contributed by atoms with Crippen molar-refractivity contribution >= 4 is 5.97 Å². The van der Waals surface area contributed by atoms with Crippen LogP contribution >= 0.6 is 0 Å². The third kappa shape index (κ3) is 3.69. The lowest BCUT2D eigenvalue weighted by Gasteiger charge is -2.38. The summed E-state index contributed by atoms with van der Waals surface area (Å²) in [5, 5.41) is 9.13. The summed E-state index contributed by atoms with van der Waals surface area (Å²) in [5.41, 5.74) is 0.